The number of hydrogen-bond acceptors (Lipinski definition) is 3. The van der Waals surface area contributed by atoms with E-state index >= 15 is 0 Å². The number of hydrogen-bond donors (Lipinski definition) is 1. The Morgan fingerprint density at radius 1 is 1.00 bits per heavy atom. The van der Waals surface area contributed by atoms with Gasteiger partial charge in [-0.3, -0.25) is 9.59 Å². The highest BCUT2D eigenvalue weighted by Crippen LogP contribution is 2.37. The normalized spacial score (nSPS) is 13.1. The van der Waals surface area contributed by atoms with E-state index in [0.29, 0.717) is 29.6 Å². The van der Waals surface area contributed by atoms with E-state index in [1.807, 2.05) is 53.1 Å². The molecular weight excluding hydrogens is 390 g/mol. The number of halogens is 1. The van der Waals surface area contributed by atoms with Gasteiger partial charge >= 0.3 is 0 Å². The quantitative estimate of drug-likeness (QED) is 0.702. The minimum atomic E-state index is -0.601. The second-order valence-corrected chi connectivity index (χ2v) is 7.16. The summed E-state index contributed by atoms with van der Waals surface area (Å²) in [5.74, 6) is -0.127. The van der Waals surface area contributed by atoms with Crippen molar-refractivity contribution in [2.75, 3.05) is 13.2 Å². The number of aromatic nitrogens is 1. The van der Waals surface area contributed by atoms with Gasteiger partial charge in [0.1, 0.15) is 5.75 Å². The molecule has 1 aromatic heterocycles. The molecule has 1 aliphatic heterocycles. The van der Waals surface area contributed by atoms with Crippen LogP contribution in [0.5, 0.6) is 5.75 Å². The molecule has 1 aliphatic rings. The Labute approximate surface area is 173 Å². The molecule has 4 rings (SSSR count). The van der Waals surface area contributed by atoms with E-state index < -0.39 is 5.91 Å². The summed E-state index contributed by atoms with van der Waals surface area (Å²) < 4.78 is 7.55. The largest absolute Gasteiger partial charge is 0.484 e. The zero-order valence-electron chi connectivity index (χ0n) is 15.7. The van der Waals surface area contributed by atoms with E-state index in [9.17, 15) is 9.59 Å². The molecule has 0 unspecified atom stereocenters. The number of benzene rings is 2. The molecule has 7 heteroatoms. The zero-order valence-corrected chi connectivity index (χ0v) is 16.4. The maximum atomic E-state index is 12.7. The third-order valence-corrected chi connectivity index (χ3v) is 5.37. The molecule has 2 heterocycles. The number of carbonyl (C=O) groups is 2. The number of nitrogens with two attached hydrogens (primary N) is 1. The highest BCUT2D eigenvalue weighted by molar-refractivity contribution is 6.36. The lowest BCUT2D eigenvalue weighted by atomic mass is 10.1. The molecule has 2 aromatic carbocycles. The molecule has 0 radical (unpaired) electrons. The second kappa shape index (κ2) is 8.01. The third kappa shape index (κ3) is 3.71. The van der Waals surface area contributed by atoms with Crippen LogP contribution >= 0.6 is 11.6 Å². The predicted octanol–water partition coefficient (Wildman–Crippen LogP) is 3.33. The van der Waals surface area contributed by atoms with Crippen molar-refractivity contribution in [1.82, 2.24) is 9.47 Å². The average molecular weight is 410 g/mol. The summed E-state index contributed by atoms with van der Waals surface area (Å²) in [5, 5.41) is 0.327. The molecule has 0 saturated carbocycles. The standard InChI is InChI=1S/C22H20ClN3O3/c23-20-19(22(24)28)17-13-25(18(27)14-29-16-9-5-2-6-10-16)11-12-26(17)21(20)15-7-3-1-4-8-15/h1-10H,11-14H2,(H2,24,28). The van der Waals surface area contributed by atoms with Gasteiger partial charge in [0.05, 0.1) is 28.5 Å². The maximum absolute atomic E-state index is 12.7. The molecule has 29 heavy (non-hydrogen) atoms. The minimum absolute atomic E-state index is 0.0735. The van der Waals surface area contributed by atoms with Gasteiger partial charge in [0, 0.05) is 13.1 Å². The minimum Gasteiger partial charge on any atom is -0.484 e. The van der Waals surface area contributed by atoms with Gasteiger partial charge in [-0.15, -0.1) is 0 Å². The van der Waals surface area contributed by atoms with Gasteiger partial charge in [-0.1, -0.05) is 60.1 Å². The van der Waals surface area contributed by atoms with Gasteiger partial charge in [0.25, 0.3) is 11.8 Å². The van der Waals surface area contributed by atoms with Crippen molar-refractivity contribution in [3.8, 4) is 17.0 Å². The molecule has 0 fully saturated rings. The molecule has 0 saturated heterocycles. The number of amides is 2. The SMILES string of the molecule is NC(=O)c1c(Cl)c(-c2ccccc2)n2c1CN(C(=O)COc1ccccc1)CC2. The van der Waals surface area contributed by atoms with Crippen LogP contribution in [0.15, 0.2) is 60.7 Å². The van der Waals surface area contributed by atoms with E-state index in [0.717, 1.165) is 11.3 Å². The molecule has 148 valence electrons. The lowest BCUT2D eigenvalue weighted by Gasteiger charge is -2.30. The van der Waals surface area contributed by atoms with Crippen LogP contribution < -0.4 is 10.5 Å². The second-order valence-electron chi connectivity index (χ2n) is 6.78. The smallest absolute Gasteiger partial charge is 0.260 e. The van der Waals surface area contributed by atoms with Crippen molar-refractivity contribution >= 4 is 23.4 Å². The highest BCUT2D eigenvalue weighted by atomic mass is 35.5. The van der Waals surface area contributed by atoms with Gasteiger partial charge < -0.3 is 19.9 Å². The van der Waals surface area contributed by atoms with E-state index in [2.05, 4.69) is 0 Å². The monoisotopic (exact) mass is 409 g/mol. The van der Waals surface area contributed by atoms with Crippen LogP contribution in [-0.2, 0) is 17.9 Å². The molecule has 3 aromatic rings. The maximum Gasteiger partial charge on any atom is 0.260 e. The van der Waals surface area contributed by atoms with Gasteiger partial charge in [-0.2, -0.15) is 0 Å². The summed E-state index contributed by atoms with van der Waals surface area (Å²) in [4.78, 5) is 26.5. The van der Waals surface area contributed by atoms with E-state index in [-0.39, 0.29) is 24.6 Å². The van der Waals surface area contributed by atoms with Crippen LogP contribution in [0, 0.1) is 0 Å². The summed E-state index contributed by atoms with van der Waals surface area (Å²) >= 11 is 6.57. The fraction of sp³-hybridized carbons (Fsp3) is 0.182. The zero-order chi connectivity index (χ0) is 20.4. The molecule has 0 aliphatic carbocycles. The first kappa shape index (κ1) is 19.1. The summed E-state index contributed by atoms with van der Waals surface area (Å²) in [6, 6.07) is 18.8. The van der Waals surface area contributed by atoms with Gasteiger partial charge in [0.2, 0.25) is 0 Å². The molecule has 2 amide bonds. The molecular formula is C22H20ClN3O3. The van der Waals surface area contributed by atoms with Crippen LogP contribution in [0.2, 0.25) is 5.02 Å². The van der Waals surface area contributed by atoms with Crippen LogP contribution in [0.3, 0.4) is 0 Å². The van der Waals surface area contributed by atoms with Crippen LogP contribution in [0.25, 0.3) is 11.3 Å². The lowest BCUT2D eigenvalue weighted by molar-refractivity contribution is -0.134. The topological polar surface area (TPSA) is 77.6 Å². The van der Waals surface area contributed by atoms with E-state index in [1.165, 1.54) is 0 Å². The molecule has 6 nitrogen and oxygen atoms in total. The fourth-order valence-corrected chi connectivity index (χ4v) is 4.03. The van der Waals surface area contributed by atoms with Gasteiger partial charge in [-0.25, -0.2) is 0 Å². The molecule has 0 bridgehead atoms. The summed E-state index contributed by atoms with van der Waals surface area (Å²) in [7, 11) is 0. The van der Waals surface area contributed by atoms with E-state index in [4.69, 9.17) is 22.1 Å². The summed E-state index contributed by atoms with van der Waals surface area (Å²) in [6.07, 6.45) is 0. The first-order valence-corrected chi connectivity index (χ1v) is 9.65. The number of nitrogens with zero attached hydrogens (tertiary/aromatic N) is 2. The fourth-order valence-electron chi connectivity index (χ4n) is 3.62. The molecule has 0 atom stereocenters. The Kier molecular flexibility index (Phi) is 5.27. The molecule has 0 spiro atoms. The van der Waals surface area contributed by atoms with Crippen LogP contribution in [0.1, 0.15) is 16.1 Å². The molecule has 2 N–H and O–H groups in total. The number of primary amides is 1. The lowest BCUT2D eigenvalue weighted by Crippen LogP contribution is -2.41. The van der Waals surface area contributed by atoms with Crippen molar-refractivity contribution in [3.05, 3.63) is 76.9 Å². The number of ether oxygens (including phenoxy) is 1. The van der Waals surface area contributed by atoms with Crippen molar-refractivity contribution in [2.45, 2.75) is 13.1 Å². The Hall–Kier alpha value is -3.25. The van der Waals surface area contributed by atoms with Crippen molar-refractivity contribution in [2.24, 2.45) is 5.73 Å². The Morgan fingerprint density at radius 2 is 1.66 bits per heavy atom. The predicted molar refractivity (Wildman–Crippen MR) is 111 cm³/mol. The van der Waals surface area contributed by atoms with Gasteiger partial charge in [0.15, 0.2) is 6.61 Å². The first-order chi connectivity index (χ1) is 14.1. The Morgan fingerprint density at radius 3 is 2.31 bits per heavy atom. The number of para-hydroxylation sites is 1. The Bertz CT molecular complexity index is 1050. The van der Waals surface area contributed by atoms with Gasteiger partial charge in [-0.05, 0) is 17.7 Å². The van der Waals surface area contributed by atoms with E-state index in [1.54, 1.807) is 17.0 Å². The van der Waals surface area contributed by atoms with Crippen molar-refractivity contribution in [1.29, 1.82) is 0 Å². The van der Waals surface area contributed by atoms with Crippen molar-refractivity contribution in [3.63, 3.8) is 0 Å². The number of rotatable bonds is 5. The van der Waals surface area contributed by atoms with Crippen molar-refractivity contribution < 1.29 is 14.3 Å². The van der Waals surface area contributed by atoms with Crippen LogP contribution in [-0.4, -0.2) is 34.4 Å². The number of fused-ring (bicyclic) bond motifs is 1. The number of carbonyl (C=O) groups excluding carboxylic acids is 2. The third-order valence-electron chi connectivity index (χ3n) is 5.00. The highest BCUT2D eigenvalue weighted by Gasteiger charge is 2.31. The summed E-state index contributed by atoms with van der Waals surface area (Å²) in [6.45, 7) is 1.19. The summed E-state index contributed by atoms with van der Waals surface area (Å²) in [5.41, 5.74) is 8.20. The average Bonchev–Trinajstić information content (AvgIpc) is 3.04. The first-order valence-electron chi connectivity index (χ1n) is 9.28. The Balaban J connectivity index is 1.60. The van der Waals surface area contributed by atoms with Crippen LogP contribution in [0.4, 0.5) is 0 Å².